The van der Waals surface area contributed by atoms with Crippen LogP contribution in [-0.4, -0.2) is 20.1 Å². The van der Waals surface area contributed by atoms with Crippen molar-refractivity contribution in [3.05, 3.63) is 88.7 Å². The summed E-state index contributed by atoms with van der Waals surface area (Å²) in [5.74, 6) is 0.0956. The Hall–Kier alpha value is -2.80. The van der Waals surface area contributed by atoms with E-state index in [1.165, 1.54) is 17.2 Å². The van der Waals surface area contributed by atoms with Gasteiger partial charge in [-0.1, -0.05) is 31.2 Å². The van der Waals surface area contributed by atoms with Gasteiger partial charge in [-0.3, -0.25) is 0 Å². The van der Waals surface area contributed by atoms with E-state index in [2.05, 4.69) is 41.1 Å². The largest absolute Gasteiger partial charge is 0.399 e. The van der Waals surface area contributed by atoms with Crippen LogP contribution in [0.15, 0.2) is 60.7 Å². The number of benzene rings is 3. The first-order valence-electron chi connectivity index (χ1n) is 11.7. The molecule has 5 nitrogen and oxygen atoms in total. The molecule has 7 N–H and O–H groups in total. The summed E-state index contributed by atoms with van der Waals surface area (Å²) in [4.78, 5) is 0. The molecular weight excluding hydrogens is 449 g/mol. The van der Waals surface area contributed by atoms with Crippen LogP contribution in [0, 0.1) is 5.82 Å². The number of aryl methyl sites for hydroxylation is 1. The molecule has 0 aliphatic heterocycles. The minimum absolute atomic E-state index is 0.254. The van der Waals surface area contributed by atoms with E-state index in [-0.39, 0.29) is 11.3 Å². The van der Waals surface area contributed by atoms with Gasteiger partial charge in [0.05, 0.1) is 0 Å². The molecular formula is C27H35ClFN5. The fourth-order valence-corrected chi connectivity index (χ4v) is 4.10. The molecule has 0 saturated carbocycles. The van der Waals surface area contributed by atoms with Gasteiger partial charge in [-0.2, -0.15) is 0 Å². The van der Waals surface area contributed by atoms with E-state index in [0.29, 0.717) is 23.7 Å². The van der Waals surface area contributed by atoms with Crippen molar-refractivity contribution >= 4 is 28.7 Å². The minimum atomic E-state index is -0.274. The summed E-state index contributed by atoms with van der Waals surface area (Å²) in [7, 11) is 1.81. The van der Waals surface area contributed by atoms with Gasteiger partial charge in [0, 0.05) is 41.3 Å². The molecule has 3 rings (SSSR count). The fourth-order valence-electron chi connectivity index (χ4n) is 3.90. The van der Waals surface area contributed by atoms with Crippen LogP contribution in [0.2, 0.25) is 0 Å². The monoisotopic (exact) mass is 483 g/mol. The molecule has 3 aromatic rings. The lowest BCUT2D eigenvalue weighted by molar-refractivity contribution is 0.596. The second-order valence-electron chi connectivity index (χ2n) is 8.65. The molecule has 0 fully saturated rings. The van der Waals surface area contributed by atoms with Gasteiger partial charge in [0.2, 0.25) is 0 Å². The van der Waals surface area contributed by atoms with Crippen molar-refractivity contribution < 1.29 is 4.39 Å². The summed E-state index contributed by atoms with van der Waals surface area (Å²) in [6, 6.07) is 19.0. The summed E-state index contributed by atoms with van der Waals surface area (Å²) in [5.41, 5.74) is 17.8. The lowest BCUT2D eigenvalue weighted by atomic mass is 10.0. The first kappa shape index (κ1) is 25.8. The van der Waals surface area contributed by atoms with Gasteiger partial charge >= 0.3 is 0 Å². The lowest BCUT2D eigenvalue weighted by Crippen LogP contribution is -2.21. The molecule has 0 amide bonds. The van der Waals surface area contributed by atoms with Gasteiger partial charge < -0.3 is 27.4 Å². The van der Waals surface area contributed by atoms with Crippen molar-refractivity contribution in [1.82, 2.24) is 10.6 Å². The van der Waals surface area contributed by atoms with E-state index in [4.69, 9.17) is 23.1 Å². The Kier molecular flexibility index (Phi) is 9.57. The number of halogens is 2. The molecule has 7 heteroatoms. The molecule has 0 heterocycles. The number of nitrogens with one attached hydrogen (secondary N) is 3. The van der Waals surface area contributed by atoms with Crippen LogP contribution in [0.1, 0.15) is 47.0 Å². The molecule has 0 spiro atoms. The van der Waals surface area contributed by atoms with E-state index in [0.717, 1.165) is 42.9 Å². The molecule has 0 bridgehead atoms. The van der Waals surface area contributed by atoms with Crippen molar-refractivity contribution in [2.24, 2.45) is 0 Å². The SMILES string of the molecule is CNC(Cl)c1ccc(CCCNCC(C)c2cccc(NCc3cc(N)ccc3F)c2)cc1N. The summed E-state index contributed by atoms with van der Waals surface area (Å²) in [5, 5.41) is 9.85. The number of anilines is 3. The quantitative estimate of drug-likeness (QED) is 0.103. The Morgan fingerprint density at radius 1 is 1.03 bits per heavy atom. The summed E-state index contributed by atoms with van der Waals surface area (Å²) < 4.78 is 14.0. The van der Waals surface area contributed by atoms with E-state index < -0.39 is 0 Å². The molecule has 0 radical (unpaired) electrons. The lowest BCUT2D eigenvalue weighted by Gasteiger charge is -2.16. The number of nitrogen functional groups attached to an aromatic ring is 2. The Balaban J connectivity index is 1.43. The summed E-state index contributed by atoms with van der Waals surface area (Å²) in [6.45, 7) is 4.39. The van der Waals surface area contributed by atoms with E-state index >= 15 is 0 Å². The normalized spacial score (nSPS) is 12.9. The topological polar surface area (TPSA) is 88.1 Å². The molecule has 34 heavy (non-hydrogen) atoms. The molecule has 0 aliphatic rings. The summed E-state index contributed by atoms with van der Waals surface area (Å²) >= 11 is 6.22. The van der Waals surface area contributed by atoms with Crippen LogP contribution in [0.4, 0.5) is 21.5 Å². The van der Waals surface area contributed by atoms with Gasteiger partial charge in [-0.15, -0.1) is 11.6 Å². The number of rotatable bonds is 12. The maximum absolute atomic E-state index is 14.0. The van der Waals surface area contributed by atoms with Gasteiger partial charge in [0.15, 0.2) is 0 Å². The Bertz CT molecular complexity index is 1070. The van der Waals surface area contributed by atoms with Crippen LogP contribution >= 0.6 is 11.6 Å². The van der Waals surface area contributed by atoms with E-state index in [9.17, 15) is 4.39 Å². The van der Waals surface area contributed by atoms with Crippen LogP contribution in [-0.2, 0) is 13.0 Å². The van der Waals surface area contributed by atoms with E-state index in [1.54, 1.807) is 12.1 Å². The third-order valence-corrected chi connectivity index (χ3v) is 6.41. The number of alkyl halides is 1. The molecule has 0 aromatic heterocycles. The third kappa shape index (κ3) is 7.35. The highest BCUT2D eigenvalue weighted by molar-refractivity contribution is 6.20. The second-order valence-corrected chi connectivity index (χ2v) is 9.09. The molecule has 182 valence electrons. The average molecular weight is 484 g/mol. The summed E-state index contributed by atoms with van der Waals surface area (Å²) in [6.07, 6.45) is 1.98. The van der Waals surface area contributed by atoms with Gasteiger partial charge in [-0.25, -0.2) is 4.39 Å². The van der Waals surface area contributed by atoms with Crippen LogP contribution in [0.5, 0.6) is 0 Å². The first-order valence-corrected chi connectivity index (χ1v) is 12.1. The number of hydrogen-bond donors (Lipinski definition) is 5. The average Bonchev–Trinajstić information content (AvgIpc) is 2.84. The standard InChI is InChI=1S/C27H35ClFN5/c1-18(16-33-12-4-5-19-8-10-24(26(31)13-19)27(28)32-2)20-6-3-7-23(15-20)34-17-21-14-22(30)9-11-25(21)29/h3,6-11,13-15,18,27,32-34H,4-5,12,16-17,30-31H2,1-2H3. The van der Waals surface area contributed by atoms with E-state index in [1.807, 2.05) is 31.3 Å². The molecule has 2 atom stereocenters. The van der Waals surface area contributed by atoms with Gasteiger partial charge in [-0.05, 0) is 79.9 Å². The highest BCUT2D eigenvalue weighted by Gasteiger charge is 2.10. The Morgan fingerprint density at radius 3 is 2.62 bits per heavy atom. The molecule has 2 unspecified atom stereocenters. The zero-order valence-corrected chi connectivity index (χ0v) is 20.6. The van der Waals surface area contributed by atoms with Gasteiger partial charge in [0.1, 0.15) is 11.3 Å². The third-order valence-electron chi connectivity index (χ3n) is 5.96. The molecule has 3 aromatic carbocycles. The Morgan fingerprint density at radius 2 is 1.85 bits per heavy atom. The molecule has 0 aliphatic carbocycles. The highest BCUT2D eigenvalue weighted by atomic mass is 35.5. The van der Waals surface area contributed by atoms with Gasteiger partial charge in [0.25, 0.3) is 0 Å². The van der Waals surface area contributed by atoms with Crippen molar-refractivity contribution in [2.75, 3.05) is 36.9 Å². The zero-order valence-electron chi connectivity index (χ0n) is 19.9. The Labute approximate surface area is 207 Å². The van der Waals surface area contributed by atoms with Crippen LogP contribution < -0.4 is 27.4 Å². The number of nitrogens with two attached hydrogens (primary N) is 2. The predicted molar refractivity (Wildman–Crippen MR) is 143 cm³/mol. The van der Waals surface area contributed by atoms with Crippen molar-refractivity contribution in [1.29, 1.82) is 0 Å². The zero-order chi connectivity index (χ0) is 24.5. The molecule has 0 saturated heterocycles. The van der Waals surface area contributed by atoms with Crippen molar-refractivity contribution in [3.63, 3.8) is 0 Å². The van der Waals surface area contributed by atoms with Crippen LogP contribution in [0.3, 0.4) is 0 Å². The first-order chi connectivity index (χ1) is 16.4. The second kappa shape index (κ2) is 12.6. The fraction of sp³-hybridized carbons (Fsp3) is 0.333. The van der Waals surface area contributed by atoms with Crippen molar-refractivity contribution in [2.45, 2.75) is 37.7 Å². The van der Waals surface area contributed by atoms with Crippen LogP contribution in [0.25, 0.3) is 0 Å². The minimum Gasteiger partial charge on any atom is -0.399 e. The highest BCUT2D eigenvalue weighted by Crippen LogP contribution is 2.25. The van der Waals surface area contributed by atoms with Crippen molar-refractivity contribution in [3.8, 4) is 0 Å². The maximum Gasteiger partial charge on any atom is 0.128 e. The number of hydrogen-bond acceptors (Lipinski definition) is 5. The maximum atomic E-state index is 14.0. The smallest absolute Gasteiger partial charge is 0.128 e. The predicted octanol–water partition coefficient (Wildman–Crippen LogP) is 5.38.